The molecule has 4 rings (SSSR count). The van der Waals surface area contributed by atoms with E-state index in [1.165, 1.54) is 0 Å². The molecule has 214 valence electrons. The first-order valence-corrected chi connectivity index (χ1v) is 14.4. The molecule has 10 nitrogen and oxygen atoms in total. The van der Waals surface area contributed by atoms with E-state index in [9.17, 15) is 14.4 Å². The number of carbonyl (C=O) groups excluding carboxylic acids is 3. The summed E-state index contributed by atoms with van der Waals surface area (Å²) in [4.78, 5) is 47.8. The molecule has 2 aromatic rings. The van der Waals surface area contributed by atoms with Crippen LogP contribution in [-0.2, 0) is 9.59 Å². The lowest BCUT2D eigenvalue weighted by Gasteiger charge is -2.33. The number of carbonyl (C=O) groups is 3. The van der Waals surface area contributed by atoms with Gasteiger partial charge in [0.2, 0.25) is 11.8 Å². The summed E-state index contributed by atoms with van der Waals surface area (Å²) in [6, 6.07) is 2.15. The number of nitrogens with zero attached hydrogens (tertiary/aromatic N) is 5. The highest BCUT2D eigenvalue weighted by atomic mass is 16.2. The second-order valence-corrected chi connectivity index (χ2v) is 12.0. The van der Waals surface area contributed by atoms with Gasteiger partial charge < -0.3 is 20.4 Å². The SMILES string of the molecule is CC1CC(C)C(CNC(=O)c2cc(C3CCN(C(=O)CCCN(C)C)CC3)nc3c2cnn3C(C)C)C(=O)N1. The number of pyridine rings is 1. The quantitative estimate of drug-likeness (QED) is 0.507. The highest BCUT2D eigenvalue weighted by Crippen LogP contribution is 2.31. The molecule has 3 unspecified atom stereocenters. The Kier molecular flexibility index (Phi) is 9.25. The molecule has 0 bridgehead atoms. The normalized spacial score (nSPS) is 22.5. The Labute approximate surface area is 231 Å². The number of hydrogen-bond acceptors (Lipinski definition) is 6. The zero-order chi connectivity index (χ0) is 28.3. The summed E-state index contributed by atoms with van der Waals surface area (Å²) in [6.07, 6.45) is 5.67. The van der Waals surface area contributed by atoms with Crippen LogP contribution in [0.2, 0.25) is 0 Å². The zero-order valence-corrected chi connectivity index (χ0v) is 24.4. The third-order valence-corrected chi connectivity index (χ3v) is 8.20. The second kappa shape index (κ2) is 12.4. The topological polar surface area (TPSA) is 112 Å². The van der Waals surface area contributed by atoms with E-state index < -0.39 is 0 Å². The van der Waals surface area contributed by atoms with Gasteiger partial charge in [-0.2, -0.15) is 5.10 Å². The first-order valence-electron chi connectivity index (χ1n) is 14.4. The minimum atomic E-state index is -0.250. The average molecular weight is 540 g/mol. The zero-order valence-electron chi connectivity index (χ0n) is 24.4. The Morgan fingerprint density at radius 1 is 1.21 bits per heavy atom. The fourth-order valence-electron chi connectivity index (χ4n) is 5.92. The molecule has 3 amide bonds. The minimum absolute atomic E-state index is 0.00207. The van der Waals surface area contributed by atoms with Crippen LogP contribution in [0.25, 0.3) is 11.0 Å². The van der Waals surface area contributed by atoms with Crippen molar-refractivity contribution >= 4 is 28.8 Å². The van der Waals surface area contributed by atoms with E-state index in [2.05, 4.69) is 27.6 Å². The summed E-state index contributed by atoms with van der Waals surface area (Å²) in [5.74, 6) is 0.110. The fraction of sp³-hybridized carbons (Fsp3) is 0.690. The van der Waals surface area contributed by atoms with Crippen molar-refractivity contribution in [2.45, 2.75) is 77.8 Å². The lowest BCUT2D eigenvalue weighted by atomic mass is 9.84. The number of fused-ring (bicyclic) bond motifs is 1. The van der Waals surface area contributed by atoms with Crippen molar-refractivity contribution in [2.24, 2.45) is 11.8 Å². The Balaban J connectivity index is 1.50. The van der Waals surface area contributed by atoms with Crippen molar-refractivity contribution < 1.29 is 14.4 Å². The lowest BCUT2D eigenvalue weighted by molar-refractivity contribution is -0.132. The highest BCUT2D eigenvalue weighted by molar-refractivity contribution is 6.05. The third kappa shape index (κ3) is 6.77. The maximum absolute atomic E-state index is 13.5. The molecular weight excluding hydrogens is 494 g/mol. The molecule has 0 saturated carbocycles. The van der Waals surface area contributed by atoms with Crippen LogP contribution in [0.5, 0.6) is 0 Å². The summed E-state index contributed by atoms with van der Waals surface area (Å²) in [6.45, 7) is 10.8. The molecule has 0 radical (unpaired) electrons. The molecule has 0 spiro atoms. The van der Waals surface area contributed by atoms with Crippen molar-refractivity contribution in [3.8, 4) is 0 Å². The highest BCUT2D eigenvalue weighted by Gasteiger charge is 2.33. The van der Waals surface area contributed by atoms with E-state index in [0.29, 0.717) is 42.7 Å². The van der Waals surface area contributed by atoms with Crippen LogP contribution < -0.4 is 10.6 Å². The summed E-state index contributed by atoms with van der Waals surface area (Å²) >= 11 is 0. The van der Waals surface area contributed by atoms with E-state index >= 15 is 0 Å². The Morgan fingerprint density at radius 2 is 1.92 bits per heavy atom. The summed E-state index contributed by atoms with van der Waals surface area (Å²) in [7, 11) is 4.04. The Bertz CT molecular complexity index is 1180. The van der Waals surface area contributed by atoms with Crippen molar-refractivity contribution in [2.75, 3.05) is 40.3 Å². The van der Waals surface area contributed by atoms with Gasteiger partial charge in [0.05, 0.1) is 23.1 Å². The molecule has 10 heteroatoms. The first-order chi connectivity index (χ1) is 18.5. The number of hydrogen-bond donors (Lipinski definition) is 2. The number of amides is 3. The van der Waals surface area contributed by atoms with Gasteiger partial charge in [-0.15, -0.1) is 0 Å². The smallest absolute Gasteiger partial charge is 0.252 e. The largest absolute Gasteiger partial charge is 0.353 e. The molecule has 2 saturated heterocycles. The average Bonchev–Trinajstić information content (AvgIpc) is 3.31. The summed E-state index contributed by atoms with van der Waals surface area (Å²) < 4.78 is 1.86. The standard InChI is InChI=1S/C29H45N7O3/c1-18(2)36-27-24(17-31-36)22(28(38)30-16-23-19(3)14-20(4)32-29(23)39)15-25(33-27)21-9-12-35(13-10-21)26(37)8-7-11-34(5)6/h15,17-21,23H,7-14,16H2,1-6H3,(H,30,38)(H,32,39). The summed E-state index contributed by atoms with van der Waals surface area (Å²) in [5, 5.41) is 11.3. The van der Waals surface area contributed by atoms with Gasteiger partial charge >= 0.3 is 0 Å². The van der Waals surface area contributed by atoms with E-state index in [4.69, 9.17) is 4.98 Å². The van der Waals surface area contributed by atoms with E-state index in [0.717, 1.165) is 37.9 Å². The molecular formula is C29H45N7O3. The Hall–Kier alpha value is -3.01. The van der Waals surface area contributed by atoms with Gasteiger partial charge in [-0.1, -0.05) is 6.92 Å². The predicted molar refractivity (Wildman–Crippen MR) is 151 cm³/mol. The van der Waals surface area contributed by atoms with E-state index in [1.54, 1.807) is 6.20 Å². The van der Waals surface area contributed by atoms with Crippen molar-refractivity contribution in [3.63, 3.8) is 0 Å². The van der Waals surface area contributed by atoms with Crippen LogP contribution in [-0.4, -0.2) is 88.6 Å². The van der Waals surface area contributed by atoms with Gasteiger partial charge in [0, 0.05) is 49.8 Å². The van der Waals surface area contributed by atoms with Crippen molar-refractivity contribution in [3.05, 3.63) is 23.5 Å². The fourth-order valence-corrected chi connectivity index (χ4v) is 5.92. The maximum atomic E-state index is 13.5. The van der Waals surface area contributed by atoms with Crippen LogP contribution in [0.15, 0.2) is 12.3 Å². The van der Waals surface area contributed by atoms with Gasteiger partial charge in [-0.25, -0.2) is 9.67 Å². The molecule has 0 aromatic carbocycles. The molecule has 2 aliphatic rings. The van der Waals surface area contributed by atoms with Crippen LogP contribution in [0.1, 0.15) is 87.8 Å². The third-order valence-electron chi connectivity index (χ3n) is 8.20. The van der Waals surface area contributed by atoms with Gasteiger partial charge in [0.25, 0.3) is 5.91 Å². The van der Waals surface area contributed by atoms with Crippen LogP contribution in [0.4, 0.5) is 0 Å². The Morgan fingerprint density at radius 3 is 2.56 bits per heavy atom. The van der Waals surface area contributed by atoms with Gasteiger partial charge in [0.15, 0.2) is 5.65 Å². The number of rotatable bonds is 9. The predicted octanol–water partition coefficient (Wildman–Crippen LogP) is 2.95. The van der Waals surface area contributed by atoms with Gasteiger partial charge in [-0.3, -0.25) is 14.4 Å². The van der Waals surface area contributed by atoms with Crippen molar-refractivity contribution in [1.82, 2.24) is 35.2 Å². The number of aromatic nitrogens is 3. The van der Waals surface area contributed by atoms with Crippen LogP contribution in [0, 0.1) is 11.8 Å². The number of piperidine rings is 2. The second-order valence-electron chi connectivity index (χ2n) is 12.0. The van der Waals surface area contributed by atoms with Crippen LogP contribution >= 0.6 is 0 Å². The van der Waals surface area contributed by atoms with E-state index in [-0.39, 0.29) is 47.6 Å². The molecule has 2 aliphatic heterocycles. The van der Waals surface area contributed by atoms with Gasteiger partial charge in [-0.05, 0) is 79.1 Å². The molecule has 3 atom stereocenters. The maximum Gasteiger partial charge on any atom is 0.252 e. The van der Waals surface area contributed by atoms with Crippen LogP contribution in [0.3, 0.4) is 0 Å². The summed E-state index contributed by atoms with van der Waals surface area (Å²) in [5.41, 5.74) is 2.11. The number of nitrogens with one attached hydrogen (secondary N) is 2. The van der Waals surface area contributed by atoms with Crippen molar-refractivity contribution in [1.29, 1.82) is 0 Å². The molecule has 2 aromatic heterocycles. The van der Waals surface area contributed by atoms with Gasteiger partial charge in [0.1, 0.15) is 0 Å². The molecule has 2 fully saturated rings. The molecule has 39 heavy (non-hydrogen) atoms. The molecule has 0 aliphatic carbocycles. The molecule has 4 heterocycles. The lowest BCUT2D eigenvalue weighted by Crippen LogP contribution is -2.50. The monoisotopic (exact) mass is 539 g/mol. The van der Waals surface area contributed by atoms with E-state index in [1.807, 2.05) is 50.5 Å². The number of likely N-dealkylation sites (tertiary alicyclic amines) is 1. The molecule has 2 N–H and O–H groups in total. The first kappa shape index (κ1) is 29.0. The minimum Gasteiger partial charge on any atom is -0.353 e.